The molecule has 1 aliphatic rings. The fourth-order valence-corrected chi connectivity index (χ4v) is 4.44. The lowest BCUT2D eigenvalue weighted by Crippen LogP contribution is -2.44. The monoisotopic (exact) mass is 536 g/mol. The molecule has 0 aliphatic carbocycles. The van der Waals surface area contributed by atoms with Gasteiger partial charge in [0.05, 0.1) is 16.7 Å². The predicted molar refractivity (Wildman–Crippen MR) is 132 cm³/mol. The summed E-state index contributed by atoms with van der Waals surface area (Å²) in [6.07, 6.45) is -8.52. The number of piperazine rings is 1. The minimum absolute atomic E-state index is 0.0698. The highest BCUT2D eigenvalue weighted by Gasteiger charge is 2.37. The molecule has 11 heteroatoms. The summed E-state index contributed by atoms with van der Waals surface area (Å²) in [4.78, 5) is 21.2. The first-order valence-electron chi connectivity index (χ1n) is 11.9. The summed E-state index contributed by atoms with van der Waals surface area (Å²) >= 11 is 0. The van der Waals surface area contributed by atoms with Crippen LogP contribution in [0.5, 0.6) is 0 Å². The molecule has 0 atom stereocenters. The van der Waals surface area contributed by atoms with Crippen LogP contribution in [0.15, 0.2) is 54.7 Å². The zero-order valence-electron chi connectivity index (χ0n) is 20.7. The van der Waals surface area contributed by atoms with Crippen LogP contribution < -0.4 is 10.2 Å². The van der Waals surface area contributed by atoms with Crippen LogP contribution >= 0.6 is 0 Å². The molecular formula is C27H26F6N4O. The minimum atomic E-state index is -4.97. The Hall–Kier alpha value is -3.60. The Morgan fingerprint density at radius 3 is 2.13 bits per heavy atom. The van der Waals surface area contributed by atoms with E-state index < -0.39 is 35.9 Å². The van der Waals surface area contributed by atoms with Gasteiger partial charge in [0.15, 0.2) is 0 Å². The Balaban J connectivity index is 1.71. The van der Waals surface area contributed by atoms with Gasteiger partial charge in [-0.2, -0.15) is 26.3 Å². The second-order valence-electron chi connectivity index (χ2n) is 9.22. The van der Waals surface area contributed by atoms with E-state index in [1.807, 2.05) is 31.2 Å². The number of rotatable bonds is 5. The summed E-state index contributed by atoms with van der Waals surface area (Å²) in [6.45, 7) is 4.44. The number of amides is 1. The molecule has 1 N–H and O–H groups in total. The SMILES string of the molecule is Cc1ccccc1-c1cc(N2CCNCC2)ncc1C(=O)N(C)Cc1cc(C(F)(F)F)cc(C(F)(F)F)c1. The molecule has 1 amide bonds. The van der Waals surface area contributed by atoms with Crippen molar-refractivity contribution in [1.29, 1.82) is 0 Å². The number of alkyl halides is 6. The van der Waals surface area contributed by atoms with Gasteiger partial charge in [0.25, 0.3) is 5.91 Å². The summed E-state index contributed by atoms with van der Waals surface area (Å²) in [5.41, 5.74) is -0.675. The van der Waals surface area contributed by atoms with Crippen LogP contribution in [-0.4, -0.2) is 49.0 Å². The topological polar surface area (TPSA) is 48.5 Å². The third-order valence-corrected chi connectivity index (χ3v) is 6.41. The summed E-state index contributed by atoms with van der Waals surface area (Å²) in [5.74, 6) is 0.102. The number of carbonyl (C=O) groups is 1. The van der Waals surface area contributed by atoms with E-state index in [1.54, 1.807) is 6.07 Å². The van der Waals surface area contributed by atoms with Crippen molar-refractivity contribution < 1.29 is 31.1 Å². The molecule has 38 heavy (non-hydrogen) atoms. The molecule has 1 fully saturated rings. The number of hydrogen-bond acceptors (Lipinski definition) is 4. The number of nitrogens with one attached hydrogen (secondary N) is 1. The van der Waals surface area contributed by atoms with E-state index in [-0.39, 0.29) is 17.2 Å². The first-order chi connectivity index (χ1) is 17.8. The van der Waals surface area contributed by atoms with Crippen molar-refractivity contribution in [3.8, 4) is 11.1 Å². The number of aromatic nitrogens is 1. The lowest BCUT2D eigenvalue weighted by Gasteiger charge is -2.29. The molecule has 0 unspecified atom stereocenters. The highest BCUT2D eigenvalue weighted by Crippen LogP contribution is 2.37. The van der Waals surface area contributed by atoms with E-state index >= 15 is 0 Å². The van der Waals surface area contributed by atoms with Crippen molar-refractivity contribution in [2.75, 3.05) is 38.1 Å². The maximum absolute atomic E-state index is 13.5. The molecule has 2 aromatic carbocycles. The molecule has 0 bridgehead atoms. The van der Waals surface area contributed by atoms with Crippen molar-refractivity contribution in [1.82, 2.24) is 15.2 Å². The number of nitrogens with zero attached hydrogens (tertiary/aromatic N) is 3. The second-order valence-corrected chi connectivity index (χ2v) is 9.22. The lowest BCUT2D eigenvalue weighted by atomic mass is 9.96. The molecule has 1 saturated heterocycles. The highest BCUT2D eigenvalue weighted by atomic mass is 19.4. The Morgan fingerprint density at radius 2 is 1.55 bits per heavy atom. The smallest absolute Gasteiger partial charge is 0.354 e. The Morgan fingerprint density at radius 1 is 0.947 bits per heavy atom. The fraction of sp³-hybridized carbons (Fsp3) is 0.333. The van der Waals surface area contributed by atoms with Gasteiger partial charge in [-0.1, -0.05) is 24.3 Å². The zero-order valence-corrected chi connectivity index (χ0v) is 20.7. The number of anilines is 1. The molecule has 0 radical (unpaired) electrons. The average Bonchev–Trinajstić information content (AvgIpc) is 2.87. The molecular weight excluding hydrogens is 510 g/mol. The number of carbonyl (C=O) groups excluding carboxylic acids is 1. The standard InChI is InChI=1S/C27H26F6N4O/c1-17-5-3-4-6-21(17)22-14-24(37-9-7-34-8-10-37)35-15-23(22)25(38)36(2)16-18-11-19(26(28,29)30)13-20(12-18)27(31,32)33/h3-6,11-15,34H,7-10,16H2,1-2H3. The van der Waals surface area contributed by atoms with Gasteiger partial charge in [-0.25, -0.2) is 4.98 Å². The van der Waals surface area contributed by atoms with E-state index in [2.05, 4.69) is 15.2 Å². The quantitative estimate of drug-likeness (QED) is 0.421. The van der Waals surface area contributed by atoms with Gasteiger partial charge >= 0.3 is 12.4 Å². The third-order valence-electron chi connectivity index (χ3n) is 6.41. The molecule has 0 saturated carbocycles. The van der Waals surface area contributed by atoms with Gasteiger partial charge in [0.1, 0.15) is 5.82 Å². The van der Waals surface area contributed by atoms with Gasteiger partial charge in [-0.15, -0.1) is 0 Å². The number of aryl methyl sites for hydroxylation is 1. The van der Waals surface area contributed by atoms with Crippen molar-refractivity contribution in [3.63, 3.8) is 0 Å². The first kappa shape index (κ1) is 27.4. The van der Waals surface area contributed by atoms with Crippen LogP contribution in [0.1, 0.15) is 32.6 Å². The van der Waals surface area contributed by atoms with E-state index in [0.717, 1.165) is 42.2 Å². The van der Waals surface area contributed by atoms with Crippen molar-refractivity contribution >= 4 is 11.7 Å². The summed E-state index contributed by atoms with van der Waals surface area (Å²) in [5, 5.41) is 3.26. The average molecular weight is 537 g/mol. The normalized spacial score (nSPS) is 14.5. The van der Waals surface area contributed by atoms with Crippen LogP contribution in [0.3, 0.4) is 0 Å². The highest BCUT2D eigenvalue weighted by molar-refractivity contribution is 6.01. The summed E-state index contributed by atoms with van der Waals surface area (Å²) in [7, 11) is 1.34. The van der Waals surface area contributed by atoms with Crippen LogP contribution in [-0.2, 0) is 18.9 Å². The fourth-order valence-electron chi connectivity index (χ4n) is 4.44. The Kier molecular flexibility index (Phi) is 7.68. The molecule has 1 aliphatic heterocycles. The van der Waals surface area contributed by atoms with E-state index in [1.165, 1.54) is 13.2 Å². The van der Waals surface area contributed by atoms with Crippen LogP contribution in [0.2, 0.25) is 0 Å². The second kappa shape index (κ2) is 10.6. The summed E-state index contributed by atoms with van der Waals surface area (Å²) in [6, 6.07) is 10.6. The maximum atomic E-state index is 13.5. The van der Waals surface area contributed by atoms with Gasteiger partial charge < -0.3 is 15.1 Å². The predicted octanol–water partition coefficient (Wildman–Crippen LogP) is 5.78. The molecule has 3 aromatic rings. The van der Waals surface area contributed by atoms with Crippen LogP contribution in [0, 0.1) is 6.92 Å². The summed E-state index contributed by atoms with van der Waals surface area (Å²) < 4.78 is 79.8. The van der Waals surface area contributed by atoms with Gasteiger partial charge in [0, 0.05) is 46.0 Å². The Bertz CT molecular complexity index is 1280. The third kappa shape index (κ3) is 6.09. The molecule has 5 nitrogen and oxygen atoms in total. The molecule has 1 aromatic heterocycles. The zero-order chi connectivity index (χ0) is 27.7. The Labute approximate surface area is 216 Å². The number of hydrogen-bond donors (Lipinski definition) is 1. The molecule has 202 valence electrons. The van der Waals surface area contributed by atoms with Crippen LogP contribution in [0.25, 0.3) is 11.1 Å². The lowest BCUT2D eigenvalue weighted by molar-refractivity contribution is -0.143. The van der Waals surface area contributed by atoms with Crippen molar-refractivity contribution in [3.05, 3.63) is 82.5 Å². The minimum Gasteiger partial charge on any atom is -0.354 e. The van der Waals surface area contributed by atoms with Crippen molar-refractivity contribution in [2.45, 2.75) is 25.8 Å². The number of pyridine rings is 1. The van der Waals surface area contributed by atoms with E-state index in [4.69, 9.17) is 0 Å². The van der Waals surface area contributed by atoms with Gasteiger partial charge in [-0.3, -0.25) is 4.79 Å². The van der Waals surface area contributed by atoms with Crippen LogP contribution in [0.4, 0.5) is 32.2 Å². The first-order valence-corrected chi connectivity index (χ1v) is 11.9. The van der Waals surface area contributed by atoms with E-state index in [0.29, 0.717) is 23.5 Å². The van der Waals surface area contributed by atoms with Crippen molar-refractivity contribution in [2.24, 2.45) is 0 Å². The molecule has 0 spiro atoms. The largest absolute Gasteiger partial charge is 0.416 e. The molecule has 2 heterocycles. The van der Waals surface area contributed by atoms with Gasteiger partial charge in [0.2, 0.25) is 0 Å². The maximum Gasteiger partial charge on any atom is 0.416 e. The van der Waals surface area contributed by atoms with E-state index in [9.17, 15) is 31.1 Å². The number of benzene rings is 2. The molecule has 4 rings (SSSR count). The van der Waals surface area contributed by atoms with Gasteiger partial charge in [-0.05, 0) is 53.4 Å². The number of halogens is 6.